The molecule has 0 unspecified atom stereocenters. The van der Waals surface area contributed by atoms with E-state index in [1.807, 2.05) is 85.7 Å². The van der Waals surface area contributed by atoms with Crippen molar-refractivity contribution in [3.8, 4) is 11.1 Å². The molecule has 0 spiro atoms. The highest BCUT2D eigenvalue weighted by atomic mass is 35.5. The molecule has 0 radical (unpaired) electrons. The Morgan fingerprint density at radius 1 is 0.886 bits per heavy atom. The second kappa shape index (κ2) is 10.6. The van der Waals surface area contributed by atoms with Gasteiger partial charge in [-0.2, -0.15) is 0 Å². The molecule has 0 aliphatic heterocycles. The molecule has 1 aromatic heterocycles. The predicted octanol–water partition coefficient (Wildman–Crippen LogP) is 6.65. The molecule has 0 bridgehead atoms. The van der Waals surface area contributed by atoms with Gasteiger partial charge < -0.3 is 10.0 Å². The van der Waals surface area contributed by atoms with Gasteiger partial charge in [0.25, 0.3) is 0 Å². The van der Waals surface area contributed by atoms with E-state index in [1.54, 1.807) is 6.20 Å². The van der Waals surface area contributed by atoms with Crippen LogP contribution in [0.3, 0.4) is 0 Å². The summed E-state index contributed by atoms with van der Waals surface area (Å²) in [5.41, 5.74) is 1.80. The molecule has 6 heteroatoms. The Morgan fingerprint density at radius 3 is 2.09 bits per heavy atom. The molecule has 3 aromatic carbocycles. The molecule has 1 N–H and O–H groups in total. The van der Waals surface area contributed by atoms with Crippen molar-refractivity contribution >= 4 is 11.6 Å². The molecule has 0 amide bonds. The fraction of sp³-hybridized carbons (Fsp3) is 0.207. The fourth-order valence-electron chi connectivity index (χ4n) is 4.38. The number of nitrogens with zero attached hydrogens (tertiary/aromatic N) is 2. The Kier molecular flexibility index (Phi) is 7.60. The summed E-state index contributed by atoms with van der Waals surface area (Å²) in [7, 11) is 3.78. The van der Waals surface area contributed by atoms with Crippen LogP contribution in [0.15, 0.2) is 91.1 Å². The standard InChI is InChI=1S/C29H27ClF2N2O/c1-34(2)15-14-29(35,23-16-25(31)18-26(32)17-23)28(21-6-4-3-5-7-21)27-13-10-22(19-33-27)20-8-11-24(30)12-9-20/h3-13,16-19,28,35H,14-15H2,1-2H3/t28-,29-/m1/s1. The average molecular weight is 493 g/mol. The van der Waals surface area contributed by atoms with Gasteiger partial charge in [-0.1, -0.05) is 60.1 Å². The molecule has 3 nitrogen and oxygen atoms in total. The summed E-state index contributed by atoms with van der Waals surface area (Å²) in [5.74, 6) is -2.13. The fourth-order valence-corrected chi connectivity index (χ4v) is 4.50. The lowest BCUT2D eigenvalue weighted by molar-refractivity contribution is 0.00286. The molecule has 0 aliphatic carbocycles. The smallest absolute Gasteiger partial charge is 0.126 e. The summed E-state index contributed by atoms with van der Waals surface area (Å²) in [5, 5.41) is 12.9. The lowest BCUT2D eigenvalue weighted by Crippen LogP contribution is -2.38. The van der Waals surface area contributed by atoms with Crippen LogP contribution in [-0.2, 0) is 5.60 Å². The van der Waals surface area contributed by atoms with Crippen molar-refractivity contribution in [1.82, 2.24) is 9.88 Å². The van der Waals surface area contributed by atoms with Gasteiger partial charge in [0.1, 0.15) is 17.2 Å². The van der Waals surface area contributed by atoms with Gasteiger partial charge in [-0.05, 0) is 67.5 Å². The van der Waals surface area contributed by atoms with E-state index in [4.69, 9.17) is 16.6 Å². The van der Waals surface area contributed by atoms with Crippen LogP contribution in [0.1, 0.15) is 29.2 Å². The number of pyridine rings is 1. The molecule has 0 aliphatic rings. The van der Waals surface area contributed by atoms with Crippen LogP contribution in [0.4, 0.5) is 8.78 Å². The summed E-state index contributed by atoms with van der Waals surface area (Å²) in [6.45, 7) is 0.501. The molecular weight excluding hydrogens is 466 g/mol. The SMILES string of the molecule is CN(C)CC[C@@](O)(c1cc(F)cc(F)c1)[C@H](c1ccccc1)c1ccc(-c2ccc(Cl)cc2)cn1. The van der Waals surface area contributed by atoms with Gasteiger partial charge in [-0.3, -0.25) is 4.98 Å². The van der Waals surface area contributed by atoms with Crippen LogP contribution in [0.5, 0.6) is 0 Å². The van der Waals surface area contributed by atoms with Crippen LogP contribution >= 0.6 is 11.6 Å². The quantitative estimate of drug-likeness (QED) is 0.299. The molecular formula is C29H27ClF2N2O. The minimum atomic E-state index is -1.62. The summed E-state index contributed by atoms with van der Waals surface area (Å²) in [4.78, 5) is 6.65. The second-order valence-corrected chi connectivity index (χ2v) is 9.39. The zero-order valence-electron chi connectivity index (χ0n) is 19.6. The van der Waals surface area contributed by atoms with Gasteiger partial charge in [0.05, 0.1) is 11.6 Å². The third kappa shape index (κ3) is 5.76. The highest BCUT2D eigenvalue weighted by molar-refractivity contribution is 6.30. The third-order valence-electron chi connectivity index (χ3n) is 6.17. The largest absolute Gasteiger partial charge is 0.384 e. The Balaban J connectivity index is 1.85. The van der Waals surface area contributed by atoms with E-state index in [1.165, 1.54) is 12.1 Å². The minimum absolute atomic E-state index is 0.175. The van der Waals surface area contributed by atoms with Gasteiger partial charge in [-0.25, -0.2) is 8.78 Å². The van der Waals surface area contributed by atoms with Crippen LogP contribution in [-0.4, -0.2) is 35.6 Å². The Bertz CT molecular complexity index is 1240. The molecule has 2 atom stereocenters. The first-order chi connectivity index (χ1) is 16.8. The maximum atomic E-state index is 14.3. The van der Waals surface area contributed by atoms with Crippen LogP contribution in [0.2, 0.25) is 5.02 Å². The van der Waals surface area contributed by atoms with Crippen LogP contribution < -0.4 is 0 Å². The maximum Gasteiger partial charge on any atom is 0.126 e. The van der Waals surface area contributed by atoms with Crippen molar-refractivity contribution < 1.29 is 13.9 Å². The molecule has 0 saturated heterocycles. The maximum absolute atomic E-state index is 14.3. The van der Waals surface area contributed by atoms with E-state index in [2.05, 4.69) is 0 Å². The topological polar surface area (TPSA) is 36.4 Å². The highest BCUT2D eigenvalue weighted by Crippen LogP contribution is 2.44. The zero-order chi connectivity index (χ0) is 25.0. The van der Waals surface area contributed by atoms with E-state index in [9.17, 15) is 13.9 Å². The van der Waals surface area contributed by atoms with Crippen molar-refractivity contribution in [3.63, 3.8) is 0 Å². The minimum Gasteiger partial charge on any atom is -0.384 e. The lowest BCUT2D eigenvalue weighted by Gasteiger charge is -2.38. The first-order valence-corrected chi connectivity index (χ1v) is 11.7. The number of halogens is 3. The molecule has 0 saturated carbocycles. The number of benzene rings is 3. The number of aromatic nitrogens is 1. The second-order valence-electron chi connectivity index (χ2n) is 8.96. The first kappa shape index (κ1) is 25.0. The Labute approximate surface area is 209 Å². The van der Waals surface area contributed by atoms with Crippen molar-refractivity contribution in [3.05, 3.63) is 125 Å². The molecule has 4 aromatic rings. The van der Waals surface area contributed by atoms with Gasteiger partial charge in [-0.15, -0.1) is 0 Å². The summed E-state index contributed by atoms with van der Waals surface area (Å²) >= 11 is 6.02. The molecule has 0 fully saturated rings. The van der Waals surface area contributed by atoms with Gasteiger partial charge >= 0.3 is 0 Å². The van der Waals surface area contributed by atoms with Crippen molar-refractivity contribution in [2.75, 3.05) is 20.6 Å². The van der Waals surface area contributed by atoms with Crippen LogP contribution in [0, 0.1) is 11.6 Å². The predicted molar refractivity (Wildman–Crippen MR) is 136 cm³/mol. The Morgan fingerprint density at radius 2 is 1.51 bits per heavy atom. The van der Waals surface area contributed by atoms with E-state index < -0.39 is 23.2 Å². The normalized spacial score (nSPS) is 14.0. The van der Waals surface area contributed by atoms with Crippen LogP contribution in [0.25, 0.3) is 11.1 Å². The lowest BCUT2D eigenvalue weighted by atomic mass is 9.73. The molecule has 4 rings (SSSR count). The van der Waals surface area contributed by atoms with Gasteiger partial charge in [0.2, 0.25) is 0 Å². The zero-order valence-corrected chi connectivity index (χ0v) is 20.4. The average Bonchev–Trinajstić information content (AvgIpc) is 2.84. The monoisotopic (exact) mass is 492 g/mol. The molecule has 1 heterocycles. The highest BCUT2D eigenvalue weighted by Gasteiger charge is 2.41. The summed E-state index contributed by atoms with van der Waals surface area (Å²) in [6, 6.07) is 23.9. The molecule has 180 valence electrons. The van der Waals surface area contributed by atoms with E-state index in [-0.39, 0.29) is 12.0 Å². The Hall–Kier alpha value is -3.12. The van der Waals surface area contributed by atoms with Crippen molar-refractivity contribution in [2.45, 2.75) is 17.9 Å². The number of rotatable bonds is 8. The number of aliphatic hydroxyl groups is 1. The van der Waals surface area contributed by atoms with Gasteiger partial charge in [0.15, 0.2) is 0 Å². The van der Waals surface area contributed by atoms with Crippen molar-refractivity contribution in [1.29, 1.82) is 0 Å². The van der Waals surface area contributed by atoms with E-state index in [0.717, 1.165) is 22.8 Å². The third-order valence-corrected chi connectivity index (χ3v) is 6.42. The summed E-state index contributed by atoms with van der Waals surface area (Å²) < 4.78 is 28.6. The first-order valence-electron chi connectivity index (χ1n) is 11.4. The van der Waals surface area contributed by atoms with Crippen molar-refractivity contribution in [2.24, 2.45) is 0 Å². The van der Waals surface area contributed by atoms with E-state index in [0.29, 0.717) is 17.3 Å². The number of hydrogen-bond donors (Lipinski definition) is 1. The van der Waals surface area contributed by atoms with Gasteiger partial charge in [0, 0.05) is 29.4 Å². The van der Waals surface area contributed by atoms with E-state index >= 15 is 0 Å². The summed E-state index contributed by atoms with van der Waals surface area (Å²) in [6.07, 6.45) is 1.98. The molecule has 35 heavy (non-hydrogen) atoms. The number of hydrogen-bond acceptors (Lipinski definition) is 3.